The number of hydrogen-bond acceptors (Lipinski definition) is 3. The minimum Gasteiger partial charge on any atom is -0.340 e. The second-order valence-corrected chi connectivity index (χ2v) is 5.90. The number of amides is 2. The van der Waals surface area contributed by atoms with Gasteiger partial charge in [0.25, 0.3) is 0 Å². The van der Waals surface area contributed by atoms with E-state index in [0.29, 0.717) is 25.1 Å². The third kappa shape index (κ3) is 3.06. The summed E-state index contributed by atoms with van der Waals surface area (Å²) in [6.45, 7) is 4.25. The maximum atomic E-state index is 12.3. The van der Waals surface area contributed by atoms with Crippen LogP contribution in [0.2, 0.25) is 0 Å². The average molecular weight is 260 g/mol. The summed E-state index contributed by atoms with van der Waals surface area (Å²) in [6, 6.07) is 0. The maximum Gasteiger partial charge on any atom is 0.248 e. The number of carbonyl (C=O) groups excluding carboxylic acids is 2. The molecular formula is C11H20N2O3S. The molecule has 0 aromatic rings. The van der Waals surface area contributed by atoms with Crippen LogP contribution in [0.25, 0.3) is 0 Å². The molecule has 98 valence electrons. The van der Waals surface area contributed by atoms with Crippen molar-refractivity contribution in [1.82, 2.24) is 10.2 Å². The monoisotopic (exact) mass is 260 g/mol. The van der Waals surface area contributed by atoms with E-state index in [-0.39, 0.29) is 18.4 Å². The van der Waals surface area contributed by atoms with E-state index in [9.17, 15) is 13.8 Å². The van der Waals surface area contributed by atoms with Gasteiger partial charge in [0, 0.05) is 29.4 Å². The van der Waals surface area contributed by atoms with Crippen molar-refractivity contribution in [3.63, 3.8) is 0 Å². The predicted molar refractivity (Wildman–Crippen MR) is 67.0 cm³/mol. The van der Waals surface area contributed by atoms with Crippen molar-refractivity contribution in [2.75, 3.05) is 25.1 Å². The molecule has 0 saturated carbocycles. The molecule has 1 heterocycles. The summed E-state index contributed by atoms with van der Waals surface area (Å²) in [6.07, 6.45) is 2.76. The fourth-order valence-electron chi connectivity index (χ4n) is 2.06. The van der Waals surface area contributed by atoms with Crippen LogP contribution in [0.4, 0.5) is 0 Å². The Kier molecular flexibility index (Phi) is 4.68. The lowest BCUT2D eigenvalue weighted by Crippen LogP contribution is -2.66. The van der Waals surface area contributed by atoms with Crippen LogP contribution < -0.4 is 5.32 Å². The van der Waals surface area contributed by atoms with Crippen molar-refractivity contribution in [1.29, 1.82) is 0 Å². The Morgan fingerprint density at radius 2 is 1.94 bits per heavy atom. The van der Waals surface area contributed by atoms with Gasteiger partial charge in [-0.15, -0.1) is 0 Å². The average Bonchev–Trinajstić information content (AvgIpc) is 2.29. The summed E-state index contributed by atoms with van der Waals surface area (Å²) in [5, 5.41) is 2.79. The van der Waals surface area contributed by atoms with Gasteiger partial charge in [-0.1, -0.05) is 13.8 Å². The van der Waals surface area contributed by atoms with Crippen LogP contribution in [-0.4, -0.2) is 51.6 Å². The number of carbonyl (C=O) groups is 2. The standard InChI is InChI=1S/C11H20N2O3S/c1-4-11(5-2)10(15)13(6-7-17(3)16)8-9(14)12-11/h4-8H2,1-3H3,(H,12,14). The second-order valence-electron chi connectivity index (χ2n) is 4.34. The van der Waals surface area contributed by atoms with Gasteiger partial charge < -0.3 is 10.2 Å². The van der Waals surface area contributed by atoms with Gasteiger partial charge in [-0.05, 0) is 12.8 Å². The highest BCUT2D eigenvalue weighted by molar-refractivity contribution is 7.84. The van der Waals surface area contributed by atoms with Gasteiger partial charge in [0.1, 0.15) is 5.54 Å². The summed E-state index contributed by atoms with van der Waals surface area (Å²) in [5.74, 6) is 0.241. The van der Waals surface area contributed by atoms with E-state index in [0.717, 1.165) is 0 Å². The Balaban J connectivity index is 2.81. The molecule has 0 bridgehead atoms. The SMILES string of the molecule is CCC1(CC)NC(=O)CN(CCS(C)=O)C1=O. The number of piperazine rings is 1. The lowest BCUT2D eigenvalue weighted by molar-refractivity contribution is -0.150. The Labute approximate surface area is 104 Å². The quantitative estimate of drug-likeness (QED) is 0.749. The van der Waals surface area contributed by atoms with Crippen molar-refractivity contribution in [2.45, 2.75) is 32.2 Å². The zero-order valence-corrected chi connectivity index (χ0v) is 11.4. The van der Waals surface area contributed by atoms with Gasteiger partial charge in [-0.2, -0.15) is 0 Å². The Morgan fingerprint density at radius 3 is 2.41 bits per heavy atom. The summed E-state index contributed by atoms with van der Waals surface area (Å²) < 4.78 is 11.0. The van der Waals surface area contributed by atoms with Crippen molar-refractivity contribution in [3.05, 3.63) is 0 Å². The van der Waals surface area contributed by atoms with E-state index in [1.807, 2.05) is 13.8 Å². The summed E-state index contributed by atoms with van der Waals surface area (Å²) in [4.78, 5) is 25.4. The Hall–Kier alpha value is -0.910. The molecule has 0 aromatic heterocycles. The van der Waals surface area contributed by atoms with E-state index >= 15 is 0 Å². The Morgan fingerprint density at radius 1 is 1.35 bits per heavy atom. The molecule has 6 heteroatoms. The van der Waals surface area contributed by atoms with Gasteiger partial charge in [-0.3, -0.25) is 13.8 Å². The van der Waals surface area contributed by atoms with E-state index < -0.39 is 16.3 Å². The molecule has 1 aliphatic heterocycles. The molecule has 1 atom stereocenters. The van der Waals surface area contributed by atoms with E-state index in [1.54, 1.807) is 6.26 Å². The van der Waals surface area contributed by atoms with Crippen molar-refractivity contribution in [2.24, 2.45) is 0 Å². The van der Waals surface area contributed by atoms with Gasteiger partial charge in [0.05, 0.1) is 6.54 Å². The van der Waals surface area contributed by atoms with Crippen molar-refractivity contribution < 1.29 is 13.8 Å². The molecule has 1 saturated heterocycles. The molecule has 5 nitrogen and oxygen atoms in total. The van der Waals surface area contributed by atoms with Crippen LogP contribution in [0, 0.1) is 0 Å². The van der Waals surface area contributed by atoms with E-state index in [4.69, 9.17) is 0 Å². The van der Waals surface area contributed by atoms with Crippen LogP contribution in [0.1, 0.15) is 26.7 Å². The molecule has 1 unspecified atom stereocenters. The summed E-state index contributed by atoms with van der Waals surface area (Å²) in [5.41, 5.74) is -0.759. The fourth-order valence-corrected chi connectivity index (χ4v) is 2.53. The molecule has 1 rings (SSSR count). The largest absolute Gasteiger partial charge is 0.340 e. The minimum atomic E-state index is -0.948. The highest BCUT2D eigenvalue weighted by Crippen LogP contribution is 2.21. The molecule has 0 spiro atoms. The zero-order chi connectivity index (χ0) is 13.1. The molecule has 1 N–H and O–H groups in total. The molecule has 17 heavy (non-hydrogen) atoms. The molecule has 1 aliphatic rings. The van der Waals surface area contributed by atoms with Gasteiger partial charge >= 0.3 is 0 Å². The van der Waals surface area contributed by atoms with Crippen LogP contribution >= 0.6 is 0 Å². The van der Waals surface area contributed by atoms with E-state index in [2.05, 4.69) is 5.32 Å². The second kappa shape index (κ2) is 5.62. The maximum absolute atomic E-state index is 12.3. The molecule has 0 aromatic carbocycles. The lowest BCUT2D eigenvalue weighted by Gasteiger charge is -2.41. The zero-order valence-electron chi connectivity index (χ0n) is 10.6. The smallest absolute Gasteiger partial charge is 0.248 e. The topological polar surface area (TPSA) is 66.5 Å². The highest BCUT2D eigenvalue weighted by Gasteiger charge is 2.43. The van der Waals surface area contributed by atoms with Gasteiger partial charge in [-0.25, -0.2) is 0 Å². The first-order valence-electron chi connectivity index (χ1n) is 5.85. The van der Waals surface area contributed by atoms with Crippen LogP contribution in [0.3, 0.4) is 0 Å². The number of hydrogen-bond donors (Lipinski definition) is 1. The first-order chi connectivity index (χ1) is 7.95. The lowest BCUT2D eigenvalue weighted by atomic mass is 9.89. The summed E-state index contributed by atoms with van der Waals surface area (Å²) >= 11 is 0. The molecular weight excluding hydrogens is 240 g/mol. The van der Waals surface area contributed by atoms with Crippen LogP contribution in [0.5, 0.6) is 0 Å². The first-order valence-corrected chi connectivity index (χ1v) is 7.58. The van der Waals surface area contributed by atoms with Crippen molar-refractivity contribution >= 4 is 22.6 Å². The fraction of sp³-hybridized carbons (Fsp3) is 0.818. The van der Waals surface area contributed by atoms with E-state index in [1.165, 1.54) is 4.90 Å². The molecule has 0 aliphatic carbocycles. The third-order valence-electron chi connectivity index (χ3n) is 3.27. The normalized spacial score (nSPS) is 21.2. The Bertz CT molecular complexity index is 340. The third-order valence-corrected chi connectivity index (χ3v) is 4.02. The first kappa shape index (κ1) is 14.2. The summed E-state index contributed by atoms with van der Waals surface area (Å²) in [7, 11) is -0.948. The van der Waals surface area contributed by atoms with Crippen molar-refractivity contribution in [3.8, 4) is 0 Å². The van der Waals surface area contributed by atoms with Crippen LogP contribution in [0.15, 0.2) is 0 Å². The van der Waals surface area contributed by atoms with Gasteiger partial charge in [0.15, 0.2) is 0 Å². The number of nitrogens with one attached hydrogen (secondary N) is 1. The predicted octanol–water partition coefficient (Wildman–Crippen LogP) is -0.118. The minimum absolute atomic E-state index is 0.0486. The van der Waals surface area contributed by atoms with Crippen LogP contribution in [-0.2, 0) is 20.4 Å². The molecule has 2 amide bonds. The number of nitrogens with zero attached hydrogens (tertiary/aromatic N) is 1. The van der Waals surface area contributed by atoms with Gasteiger partial charge in [0.2, 0.25) is 11.8 Å². The number of rotatable bonds is 5. The highest BCUT2D eigenvalue weighted by atomic mass is 32.2. The molecule has 1 fully saturated rings. The molecule has 0 radical (unpaired) electrons.